The number of unbranched alkanes of at least 4 members (excludes halogenated alkanes) is 8. The molecule has 0 fully saturated rings. The van der Waals surface area contributed by atoms with Gasteiger partial charge in [-0.05, 0) is 19.4 Å². The second kappa shape index (κ2) is 13.4. The van der Waals surface area contributed by atoms with E-state index in [2.05, 4.69) is 9.88 Å². The Morgan fingerprint density at radius 3 is 1.97 bits per heavy atom. The van der Waals surface area contributed by atoms with Gasteiger partial charge < -0.3 is 14.8 Å². The first-order valence-corrected chi connectivity index (χ1v) is 11.6. The second-order valence-electron chi connectivity index (χ2n) is 8.30. The number of aliphatic hydroxyl groups is 2. The fraction of sp³-hybridized carbons (Fsp3) is 0.773. The third-order valence-electron chi connectivity index (χ3n) is 5.89. The molecule has 2 aromatic heterocycles. The predicted molar refractivity (Wildman–Crippen MR) is 122 cm³/mol. The quantitative estimate of drug-likeness (QED) is 0.383. The van der Waals surface area contributed by atoms with E-state index in [1.165, 1.54) is 41.2 Å². The maximum atomic E-state index is 12.7. The Morgan fingerprint density at radius 2 is 1.39 bits per heavy atom. The van der Waals surface area contributed by atoms with Gasteiger partial charge >= 0.3 is 5.69 Å². The first kappa shape index (κ1) is 25.3. The first-order valence-electron chi connectivity index (χ1n) is 11.6. The second-order valence-corrected chi connectivity index (χ2v) is 8.30. The average molecular weight is 438 g/mol. The van der Waals surface area contributed by atoms with Gasteiger partial charge in [-0.15, -0.1) is 0 Å². The monoisotopic (exact) mass is 437 g/mol. The van der Waals surface area contributed by atoms with Crippen molar-refractivity contribution < 1.29 is 10.2 Å². The van der Waals surface area contributed by atoms with Gasteiger partial charge in [0.1, 0.15) is 0 Å². The van der Waals surface area contributed by atoms with Gasteiger partial charge in [0.05, 0.1) is 19.5 Å². The van der Waals surface area contributed by atoms with Crippen LogP contribution >= 0.6 is 0 Å². The van der Waals surface area contributed by atoms with E-state index in [-0.39, 0.29) is 24.5 Å². The van der Waals surface area contributed by atoms with Crippen molar-refractivity contribution in [1.82, 2.24) is 23.6 Å². The first-order chi connectivity index (χ1) is 15.0. The highest BCUT2D eigenvalue weighted by atomic mass is 16.3. The largest absolute Gasteiger partial charge is 0.395 e. The maximum Gasteiger partial charge on any atom is 0.332 e. The van der Waals surface area contributed by atoms with Crippen LogP contribution in [0.4, 0.5) is 0 Å². The lowest BCUT2D eigenvalue weighted by atomic mass is 10.1. The van der Waals surface area contributed by atoms with Gasteiger partial charge in [0, 0.05) is 33.7 Å². The molecule has 0 saturated heterocycles. The zero-order valence-corrected chi connectivity index (χ0v) is 19.1. The van der Waals surface area contributed by atoms with Gasteiger partial charge in [-0.25, -0.2) is 9.78 Å². The molecule has 0 aliphatic rings. The lowest BCUT2D eigenvalue weighted by Crippen LogP contribution is -2.39. The molecule has 0 saturated carbocycles. The Morgan fingerprint density at radius 1 is 0.839 bits per heavy atom. The van der Waals surface area contributed by atoms with Crippen LogP contribution in [0.25, 0.3) is 11.2 Å². The van der Waals surface area contributed by atoms with Crippen LogP contribution in [0.2, 0.25) is 0 Å². The average Bonchev–Trinajstić information content (AvgIpc) is 3.14. The molecular weight excluding hydrogens is 398 g/mol. The van der Waals surface area contributed by atoms with Crippen molar-refractivity contribution in [3.8, 4) is 0 Å². The Kier molecular flexibility index (Phi) is 11.0. The summed E-state index contributed by atoms with van der Waals surface area (Å²) < 4.78 is 4.45. The van der Waals surface area contributed by atoms with Crippen molar-refractivity contribution in [2.45, 2.75) is 64.3 Å². The zero-order valence-electron chi connectivity index (χ0n) is 19.1. The van der Waals surface area contributed by atoms with Crippen molar-refractivity contribution in [2.75, 3.05) is 32.8 Å². The molecule has 9 heteroatoms. The van der Waals surface area contributed by atoms with E-state index in [0.29, 0.717) is 30.8 Å². The van der Waals surface area contributed by atoms with Crippen LogP contribution in [-0.4, -0.2) is 66.6 Å². The molecule has 2 rings (SSSR count). The van der Waals surface area contributed by atoms with Crippen molar-refractivity contribution in [3.63, 3.8) is 0 Å². The van der Waals surface area contributed by atoms with Crippen LogP contribution in [0.1, 0.15) is 57.8 Å². The van der Waals surface area contributed by atoms with Crippen molar-refractivity contribution >= 4 is 11.2 Å². The van der Waals surface area contributed by atoms with E-state index in [0.717, 1.165) is 32.2 Å². The molecule has 2 N–H and O–H groups in total. The molecule has 9 nitrogen and oxygen atoms in total. The van der Waals surface area contributed by atoms with Crippen LogP contribution in [0.15, 0.2) is 15.9 Å². The standard InChI is InChI=1S/C22H39N5O4/c1-24-18-23-20-19(24)21(30)27(22(31)25(20)2)13-11-9-7-5-3-4-6-8-10-12-26(14-16-28)15-17-29/h18,28-29H,3-17H2,1-2H3. The summed E-state index contributed by atoms with van der Waals surface area (Å²) in [4.78, 5) is 31.4. The van der Waals surface area contributed by atoms with E-state index >= 15 is 0 Å². The molecule has 176 valence electrons. The Bertz CT molecular complexity index is 896. The van der Waals surface area contributed by atoms with Crippen LogP contribution < -0.4 is 11.2 Å². The van der Waals surface area contributed by atoms with E-state index in [9.17, 15) is 9.59 Å². The summed E-state index contributed by atoms with van der Waals surface area (Å²) in [7, 11) is 3.43. The molecule has 2 heterocycles. The highest BCUT2D eigenvalue weighted by Crippen LogP contribution is 2.11. The molecule has 0 aliphatic heterocycles. The molecular formula is C22H39N5O4. The van der Waals surface area contributed by atoms with E-state index in [1.807, 2.05) is 0 Å². The normalized spacial score (nSPS) is 11.8. The summed E-state index contributed by atoms with van der Waals surface area (Å²) in [5.41, 5.74) is 0.351. The molecule has 31 heavy (non-hydrogen) atoms. The number of imidazole rings is 1. The summed E-state index contributed by atoms with van der Waals surface area (Å²) in [6, 6.07) is 0. The number of aryl methyl sites for hydroxylation is 2. The fourth-order valence-corrected chi connectivity index (χ4v) is 4.05. The Labute approximate surface area is 183 Å². The maximum absolute atomic E-state index is 12.7. The van der Waals surface area contributed by atoms with E-state index in [4.69, 9.17) is 10.2 Å². The molecule has 0 aromatic carbocycles. The summed E-state index contributed by atoms with van der Waals surface area (Å²) in [5, 5.41) is 18.0. The summed E-state index contributed by atoms with van der Waals surface area (Å²) >= 11 is 0. The van der Waals surface area contributed by atoms with Crippen molar-refractivity contribution in [3.05, 3.63) is 27.2 Å². The number of rotatable bonds is 16. The van der Waals surface area contributed by atoms with Crippen molar-refractivity contribution in [2.24, 2.45) is 14.1 Å². The molecule has 0 atom stereocenters. The molecule has 0 spiro atoms. The molecule has 0 aliphatic carbocycles. The van der Waals surface area contributed by atoms with Gasteiger partial charge in [-0.3, -0.25) is 18.8 Å². The third-order valence-corrected chi connectivity index (χ3v) is 5.89. The van der Waals surface area contributed by atoms with Crippen LogP contribution in [0, 0.1) is 0 Å². The van der Waals surface area contributed by atoms with Gasteiger partial charge in [0.2, 0.25) is 0 Å². The SMILES string of the molecule is Cn1cnc2c1c(=O)n(CCCCCCCCCCCN(CCO)CCO)c(=O)n2C. The van der Waals surface area contributed by atoms with Crippen LogP contribution in [0.5, 0.6) is 0 Å². The van der Waals surface area contributed by atoms with Gasteiger partial charge in [0.25, 0.3) is 5.56 Å². The molecule has 0 unspecified atom stereocenters. The van der Waals surface area contributed by atoms with Gasteiger partial charge in [-0.2, -0.15) is 0 Å². The number of fused-ring (bicyclic) bond motifs is 1. The number of aliphatic hydroxyl groups excluding tert-OH is 2. The summed E-state index contributed by atoms with van der Waals surface area (Å²) in [6.07, 6.45) is 11.6. The Balaban J connectivity index is 1.60. The highest BCUT2D eigenvalue weighted by Gasteiger charge is 2.14. The summed E-state index contributed by atoms with van der Waals surface area (Å²) in [6.45, 7) is 2.93. The van der Waals surface area contributed by atoms with E-state index in [1.54, 1.807) is 25.0 Å². The van der Waals surface area contributed by atoms with Crippen molar-refractivity contribution in [1.29, 1.82) is 0 Å². The third kappa shape index (κ3) is 7.29. The number of nitrogens with zero attached hydrogens (tertiary/aromatic N) is 5. The minimum Gasteiger partial charge on any atom is -0.395 e. The minimum absolute atomic E-state index is 0.140. The highest BCUT2D eigenvalue weighted by molar-refractivity contribution is 5.69. The molecule has 0 bridgehead atoms. The Hall–Kier alpha value is -1.97. The minimum atomic E-state index is -0.298. The van der Waals surface area contributed by atoms with Gasteiger partial charge in [0.15, 0.2) is 11.2 Å². The smallest absolute Gasteiger partial charge is 0.332 e. The lowest BCUT2D eigenvalue weighted by molar-refractivity contribution is 0.159. The van der Waals surface area contributed by atoms with Crippen LogP contribution in [0.3, 0.4) is 0 Å². The van der Waals surface area contributed by atoms with Crippen LogP contribution in [-0.2, 0) is 20.6 Å². The molecule has 0 radical (unpaired) electrons. The fourth-order valence-electron chi connectivity index (χ4n) is 4.05. The molecule has 0 amide bonds. The number of hydrogen-bond donors (Lipinski definition) is 2. The van der Waals surface area contributed by atoms with E-state index < -0.39 is 0 Å². The lowest BCUT2D eigenvalue weighted by Gasteiger charge is -2.19. The summed E-state index contributed by atoms with van der Waals surface area (Å²) in [5.74, 6) is 0. The predicted octanol–water partition coefficient (Wildman–Crippen LogP) is 1.23. The number of aromatic nitrogens is 4. The van der Waals surface area contributed by atoms with Gasteiger partial charge in [-0.1, -0.05) is 44.9 Å². The number of hydrogen-bond acceptors (Lipinski definition) is 6. The molecule has 2 aromatic rings. The zero-order chi connectivity index (χ0) is 22.6. The topological polar surface area (TPSA) is 106 Å².